The highest BCUT2D eigenvalue weighted by Gasteiger charge is 2.39. The summed E-state index contributed by atoms with van der Waals surface area (Å²) in [6.45, 7) is 5.77. The van der Waals surface area contributed by atoms with Crippen molar-refractivity contribution < 1.29 is 36.7 Å². The minimum atomic E-state index is -4.86. The number of nitrogens with zero attached hydrogens (tertiary/aromatic N) is 6. The van der Waals surface area contributed by atoms with E-state index in [0.29, 0.717) is 13.0 Å². The molecular weight excluding hydrogens is 499 g/mol. The molecule has 2 amide bonds. The molecular formula is C22H24F3N7O5. The first-order chi connectivity index (χ1) is 17.4. The molecule has 1 fully saturated rings. The molecule has 2 aromatic heterocycles. The maximum atomic E-state index is 12.8. The number of hydrogen-bond acceptors (Lipinski definition) is 9. The first kappa shape index (κ1) is 25.9. The second-order valence-electron chi connectivity index (χ2n) is 9.31. The minimum Gasteiger partial charge on any atom is -0.444 e. The van der Waals surface area contributed by atoms with Gasteiger partial charge >= 0.3 is 24.3 Å². The van der Waals surface area contributed by atoms with E-state index in [4.69, 9.17) is 9.15 Å². The van der Waals surface area contributed by atoms with E-state index < -0.39 is 35.8 Å². The van der Waals surface area contributed by atoms with Gasteiger partial charge < -0.3 is 24.1 Å². The summed E-state index contributed by atoms with van der Waals surface area (Å²) in [6.07, 6.45) is -1.82. The van der Waals surface area contributed by atoms with E-state index in [1.165, 1.54) is 23.2 Å². The summed E-state index contributed by atoms with van der Waals surface area (Å²) in [4.78, 5) is 27.1. The molecule has 15 heteroatoms. The number of likely N-dealkylation sites (tertiary alicyclic amines) is 1. The fourth-order valence-corrected chi connectivity index (χ4v) is 3.79. The van der Waals surface area contributed by atoms with Gasteiger partial charge in [-0.25, -0.2) is 4.79 Å². The Bertz CT molecular complexity index is 1240. The summed E-state index contributed by atoms with van der Waals surface area (Å²) in [5, 5.41) is 17.9. The van der Waals surface area contributed by atoms with Crippen molar-refractivity contribution in [3.63, 3.8) is 0 Å². The summed E-state index contributed by atoms with van der Waals surface area (Å²) in [5.74, 6) is -1.72. The van der Waals surface area contributed by atoms with Gasteiger partial charge in [0.1, 0.15) is 11.4 Å². The summed E-state index contributed by atoms with van der Waals surface area (Å²) in [5.41, 5.74) is -0.572. The molecule has 1 aromatic carbocycles. The van der Waals surface area contributed by atoms with Gasteiger partial charge in [0, 0.05) is 24.3 Å². The third-order valence-corrected chi connectivity index (χ3v) is 5.18. The van der Waals surface area contributed by atoms with Crippen LogP contribution in [-0.2, 0) is 11.3 Å². The zero-order chi connectivity index (χ0) is 26.8. The molecule has 1 unspecified atom stereocenters. The number of ether oxygens (including phenoxy) is 2. The van der Waals surface area contributed by atoms with Crippen LogP contribution in [-0.4, -0.2) is 72.7 Å². The van der Waals surface area contributed by atoms with E-state index in [1.54, 1.807) is 31.6 Å². The second kappa shape index (κ2) is 10.1. The fraction of sp³-hybridized carbons (Fsp3) is 0.455. The van der Waals surface area contributed by atoms with Crippen LogP contribution in [0.3, 0.4) is 0 Å². The SMILES string of the molecule is CC(C)(C)OC(=O)N1CC(NC(=O)c2nnc(-c3cccc(OC(F)(F)F)c3)o2)C[C@@H]1Cn1ccnn1. The first-order valence-corrected chi connectivity index (χ1v) is 11.2. The zero-order valence-electron chi connectivity index (χ0n) is 20.1. The fourth-order valence-electron chi connectivity index (χ4n) is 3.79. The quantitative estimate of drug-likeness (QED) is 0.517. The highest BCUT2D eigenvalue weighted by atomic mass is 19.4. The van der Waals surface area contributed by atoms with Crippen molar-refractivity contribution in [3.8, 4) is 17.2 Å². The molecule has 1 saturated heterocycles. The number of amides is 2. The normalized spacial score (nSPS) is 18.1. The number of alkyl halides is 3. The van der Waals surface area contributed by atoms with Crippen LogP contribution in [0.1, 0.15) is 37.9 Å². The monoisotopic (exact) mass is 523 g/mol. The van der Waals surface area contributed by atoms with Crippen molar-refractivity contribution in [2.45, 2.75) is 57.8 Å². The number of aromatic nitrogens is 5. The number of benzene rings is 1. The molecule has 1 N–H and O–H groups in total. The Morgan fingerprint density at radius 2 is 2.00 bits per heavy atom. The van der Waals surface area contributed by atoms with Crippen LogP contribution in [0.2, 0.25) is 0 Å². The standard InChI is InChI=1S/C22H24F3N7O5/c1-21(2,3)37-20(34)32-11-14(10-15(32)12-31-8-7-26-30-31)27-17(33)19-29-28-18(35-19)13-5-4-6-16(9-13)36-22(23,24)25/h4-9,14-15H,10-12H2,1-3H3,(H,27,33)/t14?,15-/m1/s1. The summed E-state index contributed by atoms with van der Waals surface area (Å²) >= 11 is 0. The molecule has 0 saturated carbocycles. The van der Waals surface area contributed by atoms with Gasteiger partial charge in [-0.3, -0.25) is 9.48 Å². The molecule has 198 valence electrons. The molecule has 0 bridgehead atoms. The van der Waals surface area contributed by atoms with Crippen molar-refractivity contribution in [2.24, 2.45) is 0 Å². The molecule has 12 nitrogen and oxygen atoms in total. The molecule has 0 spiro atoms. The third-order valence-electron chi connectivity index (χ3n) is 5.18. The van der Waals surface area contributed by atoms with Gasteiger partial charge in [-0.1, -0.05) is 11.3 Å². The van der Waals surface area contributed by atoms with Crippen LogP contribution >= 0.6 is 0 Å². The van der Waals surface area contributed by atoms with Gasteiger partial charge in [-0.2, -0.15) is 0 Å². The van der Waals surface area contributed by atoms with Crippen molar-refractivity contribution in [2.75, 3.05) is 6.54 Å². The lowest BCUT2D eigenvalue weighted by Crippen LogP contribution is -2.43. The lowest BCUT2D eigenvalue weighted by Gasteiger charge is -2.28. The molecule has 37 heavy (non-hydrogen) atoms. The molecule has 0 radical (unpaired) electrons. The van der Waals surface area contributed by atoms with Crippen molar-refractivity contribution in [1.82, 2.24) is 35.4 Å². The maximum Gasteiger partial charge on any atom is 0.573 e. The predicted octanol–water partition coefficient (Wildman–Crippen LogP) is 3.03. The average molecular weight is 523 g/mol. The van der Waals surface area contributed by atoms with E-state index in [0.717, 1.165) is 12.1 Å². The van der Waals surface area contributed by atoms with Crippen LogP contribution in [0.5, 0.6) is 5.75 Å². The van der Waals surface area contributed by atoms with Crippen molar-refractivity contribution >= 4 is 12.0 Å². The van der Waals surface area contributed by atoms with E-state index in [1.807, 2.05) is 0 Å². The molecule has 3 aromatic rings. The van der Waals surface area contributed by atoms with Crippen LogP contribution < -0.4 is 10.1 Å². The molecule has 3 heterocycles. The number of halogens is 3. The topological polar surface area (TPSA) is 138 Å². The number of carbonyl (C=O) groups is 2. The van der Waals surface area contributed by atoms with Crippen molar-refractivity contribution in [1.29, 1.82) is 0 Å². The number of rotatable bonds is 6. The lowest BCUT2D eigenvalue weighted by atomic mass is 10.1. The van der Waals surface area contributed by atoms with E-state index in [2.05, 4.69) is 30.6 Å². The van der Waals surface area contributed by atoms with Gasteiger partial charge in [0.05, 0.1) is 18.8 Å². The Kier molecular flexibility index (Phi) is 7.05. The molecule has 0 aliphatic carbocycles. The number of hydrogen-bond donors (Lipinski definition) is 1. The zero-order valence-corrected chi connectivity index (χ0v) is 20.1. The maximum absolute atomic E-state index is 12.8. The van der Waals surface area contributed by atoms with E-state index in [-0.39, 0.29) is 29.9 Å². The summed E-state index contributed by atoms with van der Waals surface area (Å²) < 4.78 is 53.9. The van der Waals surface area contributed by atoms with Crippen LogP contribution in [0.4, 0.5) is 18.0 Å². The van der Waals surface area contributed by atoms with Crippen LogP contribution in [0.25, 0.3) is 11.5 Å². The highest BCUT2D eigenvalue weighted by molar-refractivity contribution is 5.90. The molecule has 2 atom stereocenters. The van der Waals surface area contributed by atoms with Gasteiger partial charge in [-0.15, -0.1) is 28.5 Å². The minimum absolute atomic E-state index is 0.137. The van der Waals surface area contributed by atoms with Crippen LogP contribution in [0, 0.1) is 0 Å². The Balaban J connectivity index is 1.44. The van der Waals surface area contributed by atoms with E-state index in [9.17, 15) is 22.8 Å². The Morgan fingerprint density at radius 1 is 1.22 bits per heavy atom. The van der Waals surface area contributed by atoms with Gasteiger partial charge in [0.15, 0.2) is 0 Å². The Labute approximate surface area is 208 Å². The summed E-state index contributed by atoms with van der Waals surface area (Å²) in [7, 11) is 0. The lowest BCUT2D eigenvalue weighted by molar-refractivity contribution is -0.274. The van der Waals surface area contributed by atoms with Gasteiger partial charge in [0.25, 0.3) is 0 Å². The molecule has 1 aliphatic rings. The average Bonchev–Trinajstić information content (AvgIpc) is 3.53. The highest BCUT2D eigenvalue weighted by Crippen LogP contribution is 2.28. The molecule has 4 rings (SSSR count). The smallest absolute Gasteiger partial charge is 0.444 e. The summed E-state index contributed by atoms with van der Waals surface area (Å²) in [6, 6.07) is 4.13. The molecule has 1 aliphatic heterocycles. The third kappa shape index (κ3) is 6.95. The van der Waals surface area contributed by atoms with Crippen LogP contribution in [0.15, 0.2) is 41.1 Å². The largest absolute Gasteiger partial charge is 0.573 e. The van der Waals surface area contributed by atoms with E-state index >= 15 is 0 Å². The Hall–Kier alpha value is -4.17. The number of nitrogens with one attached hydrogen (secondary N) is 1. The predicted molar refractivity (Wildman–Crippen MR) is 119 cm³/mol. The number of carbonyl (C=O) groups excluding carboxylic acids is 2. The Morgan fingerprint density at radius 3 is 2.68 bits per heavy atom. The second-order valence-corrected chi connectivity index (χ2v) is 9.31. The van der Waals surface area contributed by atoms with Gasteiger partial charge in [-0.05, 0) is 45.4 Å². The first-order valence-electron chi connectivity index (χ1n) is 11.2. The van der Waals surface area contributed by atoms with Crippen molar-refractivity contribution in [3.05, 3.63) is 42.5 Å². The van der Waals surface area contributed by atoms with Gasteiger partial charge in [0.2, 0.25) is 5.89 Å².